The van der Waals surface area contributed by atoms with Gasteiger partial charge in [0, 0.05) is 9.13 Å². The molecule has 0 heterocycles. The Hall–Kier alpha value is -1.41. The van der Waals surface area contributed by atoms with Crippen LogP contribution in [0.5, 0.6) is 5.75 Å². The Bertz CT molecular complexity index is 667. The lowest BCUT2D eigenvalue weighted by Gasteiger charge is -2.11. The zero-order valence-corrected chi connectivity index (χ0v) is 13.4. The molecule has 0 spiro atoms. The molecule has 0 aliphatic carbocycles. The maximum Gasteiger partial charge on any atom is 0.387 e. The van der Waals surface area contributed by atoms with E-state index in [1.165, 1.54) is 24.3 Å². The van der Waals surface area contributed by atoms with Crippen molar-refractivity contribution in [1.82, 2.24) is 0 Å². The number of ether oxygens (including phenoxy) is 1. The minimum absolute atomic E-state index is 0.0996. The van der Waals surface area contributed by atoms with Crippen molar-refractivity contribution in [1.29, 1.82) is 0 Å². The highest BCUT2D eigenvalue weighted by Crippen LogP contribution is 2.26. The Labute approximate surface area is 138 Å². The molecule has 21 heavy (non-hydrogen) atoms. The molecule has 2 aromatic rings. The summed E-state index contributed by atoms with van der Waals surface area (Å²) in [5.41, 5.74) is 0.490. The minimum Gasteiger partial charge on any atom is -0.433 e. The van der Waals surface area contributed by atoms with Crippen molar-refractivity contribution in [2.24, 2.45) is 0 Å². The number of carbonyl (C=O) groups is 1. The summed E-state index contributed by atoms with van der Waals surface area (Å²) in [4.78, 5) is 12.1. The maximum atomic E-state index is 12.3. The van der Waals surface area contributed by atoms with Gasteiger partial charge in [-0.1, -0.05) is 23.7 Å². The first-order valence-electron chi connectivity index (χ1n) is 5.77. The third kappa shape index (κ3) is 4.28. The van der Waals surface area contributed by atoms with Gasteiger partial charge in [0.15, 0.2) is 0 Å². The number of nitrogens with one attached hydrogen (secondary N) is 1. The predicted molar refractivity (Wildman–Crippen MR) is 85.2 cm³/mol. The van der Waals surface area contributed by atoms with Gasteiger partial charge in [-0.15, -0.1) is 0 Å². The van der Waals surface area contributed by atoms with Crippen molar-refractivity contribution in [2.45, 2.75) is 6.61 Å². The average molecular weight is 424 g/mol. The monoisotopic (exact) mass is 423 g/mol. The molecule has 0 saturated carbocycles. The molecule has 0 radical (unpaired) electrons. The lowest BCUT2D eigenvalue weighted by atomic mass is 10.2. The lowest BCUT2D eigenvalue weighted by Crippen LogP contribution is -2.14. The Kier molecular flexibility index (Phi) is 5.35. The first kappa shape index (κ1) is 16.0. The molecule has 0 aliphatic rings. The van der Waals surface area contributed by atoms with Crippen LogP contribution in [-0.4, -0.2) is 12.5 Å². The number of halogens is 4. The van der Waals surface area contributed by atoms with Gasteiger partial charge in [-0.25, -0.2) is 0 Å². The fraction of sp³-hybridized carbons (Fsp3) is 0.0714. The molecule has 0 bridgehead atoms. The SMILES string of the molecule is O=C(Nc1ccccc1OC(F)F)c1ccc(I)c(Cl)c1. The number of hydrogen-bond acceptors (Lipinski definition) is 2. The normalized spacial score (nSPS) is 10.5. The molecule has 0 unspecified atom stereocenters. The molecule has 0 fully saturated rings. The number of rotatable bonds is 4. The molecular weight excluding hydrogens is 415 g/mol. The van der Waals surface area contributed by atoms with Gasteiger partial charge < -0.3 is 10.1 Å². The average Bonchev–Trinajstić information content (AvgIpc) is 2.43. The summed E-state index contributed by atoms with van der Waals surface area (Å²) < 4.78 is 29.8. The number of para-hydroxylation sites is 2. The van der Waals surface area contributed by atoms with Gasteiger partial charge in [0.25, 0.3) is 5.91 Å². The first-order valence-corrected chi connectivity index (χ1v) is 7.23. The van der Waals surface area contributed by atoms with Crippen molar-refractivity contribution >= 4 is 45.8 Å². The van der Waals surface area contributed by atoms with Crippen LogP contribution in [0.2, 0.25) is 5.02 Å². The van der Waals surface area contributed by atoms with E-state index in [2.05, 4.69) is 10.1 Å². The van der Waals surface area contributed by atoms with E-state index in [9.17, 15) is 13.6 Å². The highest BCUT2D eigenvalue weighted by Gasteiger charge is 2.13. The van der Waals surface area contributed by atoms with Gasteiger partial charge in [0.1, 0.15) is 5.75 Å². The van der Waals surface area contributed by atoms with E-state index in [0.29, 0.717) is 10.6 Å². The number of carbonyl (C=O) groups excluding carboxylic acids is 1. The number of amides is 1. The Balaban J connectivity index is 2.21. The quantitative estimate of drug-likeness (QED) is 0.718. The van der Waals surface area contributed by atoms with Crippen LogP contribution in [0.25, 0.3) is 0 Å². The van der Waals surface area contributed by atoms with E-state index in [1.54, 1.807) is 18.2 Å². The second-order valence-electron chi connectivity index (χ2n) is 3.96. The lowest BCUT2D eigenvalue weighted by molar-refractivity contribution is -0.0493. The second kappa shape index (κ2) is 7.04. The van der Waals surface area contributed by atoms with Crippen molar-refractivity contribution in [3.8, 4) is 5.75 Å². The molecule has 0 aromatic heterocycles. The van der Waals surface area contributed by atoms with Crippen LogP contribution in [-0.2, 0) is 0 Å². The molecular formula is C14H9ClF2INO2. The highest BCUT2D eigenvalue weighted by molar-refractivity contribution is 14.1. The molecule has 2 rings (SSSR count). The Morgan fingerprint density at radius 1 is 1.24 bits per heavy atom. The topological polar surface area (TPSA) is 38.3 Å². The minimum atomic E-state index is -2.96. The second-order valence-corrected chi connectivity index (χ2v) is 5.53. The largest absolute Gasteiger partial charge is 0.433 e. The third-order valence-electron chi connectivity index (χ3n) is 2.53. The van der Waals surface area contributed by atoms with Gasteiger partial charge in [-0.3, -0.25) is 4.79 Å². The van der Waals surface area contributed by atoms with Crippen LogP contribution < -0.4 is 10.1 Å². The molecule has 1 N–H and O–H groups in total. The van der Waals surface area contributed by atoms with E-state index in [1.807, 2.05) is 22.6 Å². The van der Waals surface area contributed by atoms with E-state index in [0.717, 1.165) is 3.57 Å². The van der Waals surface area contributed by atoms with Crippen LogP contribution in [0, 0.1) is 3.57 Å². The Morgan fingerprint density at radius 2 is 1.95 bits per heavy atom. The standard InChI is InChI=1S/C14H9ClF2INO2/c15-9-7-8(5-6-10(9)18)13(20)19-11-3-1-2-4-12(11)21-14(16)17/h1-7,14H,(H,19,20). The van der Waals surface area contributed by atoms with E-state index < -0.39 is 12.5 Å². The van der Waals surface area contributed by atoms with Crippen LogP contribution >= 0.6 is 34.2 Å². The smallest absolute Gasteiger partial charge is 0.387 e. The Morgan fingerprint density at radius 3 is 2.62 bits per heavy atom. The summed E-state index contributed by atoms with van der Waals surface area (Å²) in [7, 11) is 0. The van der Waals surface area contributed by atoms with E-state index >= 15 is 0 Å². The molecule has 0 atom stereocenters. The summed E-state index contributed by atoms with van der Waals surface area (Å²) in [5, 5.41) is 2.97. The van der Waals surface area contributed by atoms with E-state index in [-0.39, 0.29) is 11.4 Å². The summed E-state index contributed by atoms with van der Waals surface area (Å²) in [6, 6.07) is 10.8. The van der Waals surface area contributed by atoms with Crippen molar-refractivity contribution < 1.29 is 18.3 Å². The predicted octanol–water partition coefficient (Wildman–Crippen LogP) is 4.80. The fourth-order valence-electron chi connectivity index (χ4n) is 1.60. The zero-order valence-electron chi connectivity index (χ0n) is 10.4. The first-order chi connectivity index (χ1) is 9.97. The number of anilines is 1. The molecule has 0 aliphatic heterocycles. The molecule has 3 nitrogen and oxygen atoms in total. The maximum absolute atomic E-state index is 12.3. The third-order valence-corrected chi connectivity index (χ3v) is 4.11. The zero-order chi connectivity index (χ0) is 15.4. The van der Waals surface area contributed by atoms with Gasteiger partial charge in [-0.05, 0) is 52.9 Å². The summed E-state index contributed by atoms with van der Waals surface area (Å²) in [6.07, 6.45) is 0. The molecule has 2 aromatic carbocycles. The van der Waals surface area contributed by atoms with Crippen molar-refractivity contribution in [3.05, 3.63) is 56.6 Å². The van der Waals surface area contributed by atoms with Crippen LogP contribution in [0.1, 0.15) is 10.4 Å². The molecule has 1 amide bonds. The fourth-order valence-corrected chi connectivity index (χ4v) is 2.12. The van der Waals surface area contributed by atoms with Crippen LogP contribution in [0.15, 0.2) is 42.5 Å². The molecule has 110 valence electrons. The van der Waals surface area contributed by atoms with E-state index in [4.69, 9.17) is 11.6 Å². The van der Waals surface area contributed by atoms with Crippen molar-refractivity contribution in [2.75, 3.05) is 5.32 Å². The van der Waals surface area contributed by atoms with Crippen LogP contribution in [0.3, 0.4) is 0 Å². The number of alkyl halides is 2. The highest BCUT2D eigenvalue weighted by atomic mass is 127. The molecule has 0 saturated heterocycles. The summed E-state index contributed by atoms with van der Waals surface area (Å²) >= 11 is 7.99. The molecule has 7 heteroatoms. The summed E-state index contributed by atoms with van der Waals surface area (Å²) in [5.74, 6) is -0.559. The summed E-state index contributed by atoms with van der Waals surface area (Å²) in [6.45, 7) is -2.96. The van der Waals surface area contributed by atoms with Crippen LogP contribution in [0.4, 0.5) is 14.5 Å². The van der Waals surface area contributed by atoms with Gasteiger partial charge in [0.2, 0.25) is 0 Å². The van der Waals surface area contributed by atoms with Gasteiger partial charge in [-0.2, -0.15) is 8.78 Å². The van der Waals surface area contributed by atoms with Gasteiger partial charge >= 0.3 is 6.61 Å². The van der Waals surface area contributed by atoms with Crippen molar-refractivity contribution in [3.63, 3.8) is 0 Å². The number of benzene rings is 2. The number of hydrogen-bond donors (Lipinski definition) is 1. The van der Waals surface area contributed by atoms with Gasteiger partial charge in [0.05, 0.1) is 10.7 Å².